The normalized spacial score (nSPS) is 12.2. The Hall–Kier alpha value is -0.130. The minimum atomic E-state index is 0.128. The fourth-order valence-corrected chi connectivity index (χ4v) is 2.29. The molecule has 1 heterocycles. The molecule has 16 heavy (non-hydrogen) atoms. The summed E-state index contributed by atoms with van der Waals surface area (Å²) < 4.78 is 6.39. The van der Waals surface area contributed by atoms with Gasteiger partial charge in [0.2, 0.25) is 5.05 Å². The molecule has 1 aromatic heterocycles. The zero-order valence-electron chi connectivity index (χ0n) is 9.49. The molecule has 1 aromatic rings. The second-order valence-electron chi connectivity index (χ2n) is 3.31. The summed E-state index contributed by atoms with van der Waals surface area (Å²) in [7, 11) is 0. The fourth-order valence-electron chi connectivity index (χ4n) is 1.06. The lowest BCUT2D eigenvalue weighted by Gasteiger charge is -2.14. The van der Waals surface area contributed by atoms with E-state index in [9.17, 15) is 0 Å². The standard InChI is InChI=1S/C11H14BrNOS2/c1-4-7(2)14-11(15)10-8(16-3)5-6-9(12)13-10/h5-7H,4H2,1-3H3. The zero-order chi connectivity index (χ0) is 12.1. The molecular formula is C11H14BrNOS2. The van der Waals surface area contributed by atoms with Crippen LogP contribution < -0.4 is 0 Å². The molecule has 0 aliphatic heterocycles. The molecule has 1 rings (SSSR count). The predicted molar refractivity (Wildman–Crippen MR) is 76.3 cm³/mol. The van der Waals surface area contributed by atoms with E-state index in [1.54, 1.807) is 11.8 Å². The number of thioether (sulfide) groups is 1. The lowest BCUT2D eigenvalue weighted by atomic mass is 10.3. The van der Waals surface area contributed by atoms with Gasteiger partial charge in [-0.1, -0.05) is 6.92 Å². The van der Waals surface area contributed by atoms with Gasteiger partial charge in [0.25, 0.3) is 0 Å². The molecule has 0 amide bonds. The molecule has 1 unspecified atom stereocenters. The van der Waals surface area contributed by atoms with Gasteiger partial charge in [-0.3, -0.25) is 0 Å². The topological polar surface area (TPSA) is 22.1 Å². The maximum atomic E-state index is 5.62. The molecule has 1 atom stereocenters. The lowest BCUT2D eigenvalue weighted by Crippen LogP contribution is -2.15. The van der Waals surface area contributed by atoms with Crippen molar-refractivity contribution in [1.29, 1.82) is 0 Å². The largest absolute Gasteiger partial charge is 0.479 e. The van der Waals surface area contributed by atoms with Gasteiger partial charge in [-0.15, -0.1) is 11.8 Å². The third kappa shape index (κ3) is 3.71. The summed E-state index contributed by atoms with van der Waals surface area (Å²) in [6, 6.07) is 3.89. The number of halogens is 1. The predicted octanol–water partition coefficient (Wildman–Crippen LogP) is 4.06. The van der Waals surface area contributed by atoms with Gasteiger partial charge in [-0.25, -0.2) is 4.98 Å². The van der Waals surface area contributed by atoms with E-state index in [-0.39, 0.29) is 6.10 Å². The van der Waals surface area contributed by atoms with E-state index in [1.165, 1.54) is 0 Å². The van der Waals surface area contributed by atoms with E-state index >= 15 is 0 Å². The minimum Gasteiger partial charge on any atom is -0.479 e. The third-order valence-electron chi connectivity index (χ3n) is 2.12. The van der Waals surface area contributed by atoms with Crippen LogP contribution in [0.15, 0.2) is 21.6 Å². The molecule has 88 valence electrons. The summed E-state index contributed by atoms with van der Waals surface area (Å²) in [6.07, 6.45) is 3.06. The van der Waals surface area contributed by atoms with Crippen LogP contribution in [0.2, 0.25) is 0 Å². The van der Waals surface area contributed by atoms with Crippen LogP contribution in [-0.4, -0.2) is 22.4 Å². The number of pyridine rings is 1. The monoisotopic (exact) mass is 319 g/mol. The van der Waals surface area contributed by atoms with Crippen molar-refractivity contribution in [2.45, 2.75) is 31.3 Å². The van der Waals surface area contributed by atoms with Crippen LogP contribution in [0.25, 0.3) is 0 Å². The van der Waals surface area contributed by atoms with Gasteiger partial charge in [-0.2, -0.15) is 0 Å². The lowest BCUT2D eigenvalue weighted by molar-refractivity contribution is 0.210. The molecule has 0 N–H and O–H groups in total. The van der Waals surface area contributed by atoms with Crippen molar-refractivity contribution in [3.05, 3.63) is 22.4 Å². The van der Waals surface area contributed by atoms with Crippen LogP contribution in [0, 0.1) is 0 Å². The van der Waals surface area contributed by atoms with Crippen LogP contribution in [0.1, 0.15) is 26.0 Å². The quantitative estimate of drug-likeness (QED) is 0.474. The van der Waals surface area contributed by atoms with Crippen LogP contribution in [-0.2, 0) is 4.74 Å². The Bertz CT molecular complexity index is 384. The van der Waals surface area contributed by atoms with E-state index < -0.39 is 0 Å². The Morgan fingerprint density at radius 2 is 2.31 bits per heavy atom. The van der Waals surface area contributed by atoms with Crippen LogP contribution in [0.4, 0.5) is 0 Å². The highest BCUT2D eigenvalue weighted by Gasteiger charge is 2.13. The first-order chi connectivity index (χ1) is 7.58. The highest BCUT2D eigenvalue weighted by molar-refractivity contribution is 9.10. The minimum absolute atomic E-state index is 0.128. The van der Waals surface area contributed by atoms with Crippen LogP contribution in [0.5, 0.6) is 0 Å². The fraction of sp³-hybridized carbons (Fsp3) is 0.455. The maximum absolute atomic E-state index is 5.62. The molecule has 0 saturated heterocycles. The summed E-state index contributed by atoms with van der Waals surface area (Å²) >= 11 is 10.2. The van der Waals surface area contributed by atoms with Crippen molar-refractivity contribution in [2.24, 2.45) is 0 Å². The van der Waals surface area contributed by atoms with Gasteiger partial charge in [0.1, 0.15) is 10.3 Å². The second-order valence-corrected chi connectivity index (χ2v) is 5.34. The molecular weight excluding hydrogens is 306 g/mol. The number of hydrogen-bond donors (Lipinski definition) is 0. The van der Waals surface area contributed by atoms with Crippen molar-refractivity contribution < 1.29 is 4.74 Å². The first-order valence-electron chi connectivity index (χ1n) is 5.00. The summed E-state index contributed by atoms with van der Waals surface area (Å²) in [5.74, 6) is 0. The SMILES string of the molecule is CCC(C)OC(=S)c1nc(Br)ccc1SC. The van der Waals surface area contributed by atoms with Crippen LogP contribution in [0.3, 0.4) is 0 Å². The third-order valence-corrected chi connectivity index (χ3v) is 3.62. The number of rotatable bonds is 4. The Labute approximate surface area is 114 Å². The first-order valence-corrected chi connectivity index (χ1v) is 7.42. The smallest absolute Gasteiger partial charge is 0.211 e. The maximum Gasteiger partial charge on any atom is 0.211 e. The Balaban J connectivity index is 2.93. The van der Waals surface area contributed by atoms with Gasteiger partial charge in [0.05, 0.1) is 6.10 Å². The van der Waals surface area contributed by atoms with E-state index in [2.05, 4.69) is 27.8 Å². The van der Waals surface area contributed by atoms with Crippen molar-refractivity contribution in [3.8, 4) is 0 Å². The molecule has 2 nitrogen and oxygen atoms in total. The van der Waals surface area contributed by atoms with E-state index in [1.807, 2.05) is 25.3 Å². The molecule has 0 aromatic carbocycles. The average molecular weight is 320 g/mol. The molecule has 0 aliphatic carbocycles. The van der Waals surface area contributed by atoms with E-state index in [4.69, 9.17) is 17.0 Å². The average Bonchev–Trinajstić information content (AvgIpc) is 2.28. The number of ether oxygens (including phenoxy) is 1. The molecule has 0 radical (unpaired) electrons. The highest BCUT2D eigenvalue weighted by Crippen LogP contribution is 2.22. The van der Waals surface area contributed by atoms with Crippen molar-refractivity contribution in [1.82, 2.24) is 4.98 Å². The summed E-state index contributed by atoms with van der Waals surface area (Å²) in [5.41, 5.74) is 0.747. The molecule has 0 saturated carbocycles. The first kappa shape index (κ1) is 13.9. The van der Waals surface area contributed by atoms with Crippen LogP contribution >= 0.6 is 39.9 Å². The molecule has 0 fully saturated rings. The van der Waals surface area contributed by atoms with Crippen molar-refractivity contribution >= 4 is 45.0 Å². The van der Waals surface area contributed by atoms with E-state index in [0.717, 1.165) is 21.6 Å². The Kier molecular flexibility index (Phi) is 5.72. The molecule has 5 heteroatoms. The summed E-state index contributed by atoms with van der Waals surface area (Å²) in [6.45, 7) is 4.07. The number of thiocarbonyl (C=S) groups is 1. The molecule has 0 spiro atoms. The number of hydrogen-bond acceptors (Lipinski definition) is 4. The highest BCUT2D eigenvalue weighted by atomic mass is 79.9. The number of nitrogens with zero attached hydrogens (tertiary/aromatic N) is 1. The van der Waals surface area contributed by atoms with Gasteiger partial charge in [0.15, 0.2) is 0 Å². The number of aromatic nitrogens is 1. The second kappa shape index (κ2) is 6.57. The Morgan fingerprint density at radius 1 is 1.62 bits per heavy atom. The van der Waals surface area contributed by atoms with Gasteiger partial charge in [-0.05, 0) is 59.9 Å². The van der Waals surface area contributed by atoms with Gasteiger partial charge < -0.3 is 4.74 Å². The van der Waals surface area contributed by atoms with Gasteiger partial charge >= 0.3 is 0 Å². The van der Waals surface area contributed by atoms with Crippen molar-refractivity contribution in [2.75, 3.05) is 6.26 Å². The van der Waals surface area contributed by atoms with Gasteiger partial charge in [0, 0.05) is 4.90 Å². The summed E-state index contributed by atoms with van der Waals surface area (Å²) in [4.78, 5) is 5.40. The zero-order valence-corrected chi connectivity index (χ0v) is 12.7. The molecule has 0 bridgehead atoms. The van der Waals surface area contributed by atoms with Crippen molar-refractivity contribution in [3.63, 3.8) is 0 Å². The van der Waals surface area contributed by atoms with E-state index in [0.29, 0.717) is 5.05 Å². The summed E-state index contributed by atoms with van der Waals surface area (Å²) in [5, 5.41) is 0.472. The molecule has 0 aliphatic rings. The Morgan fingerprint density at radius 3 is 2.88 bits per heavy atom.